The molecular formula is C79H79N11O11S2. The summed E-state index contributed by atoms with van der Waals surface area (Å²) in [6, 6.07) is 63.6. The van der Waals surface area contributed by atoms with Crippen molar-refractivity contribution in [3.05, 3.63) is 245 Å². The molecule has 0 saturated carbocycles. The van der Waals surface area contributed by atoms with E-state index in [1.54, 1.807) is 114 Å². The van der Waals surface area contributed by atoms with E-state index in [0.29, 0.717) is 46.5 Å². The van der Waals surface area contributed by atoms with Gasteiger partial charge in [-0.25, -0.2) is 24.0 Å². The third-order valence-electron chi connectivity index (χ3n) is 16.6. The van der Waals surface area contributed by atoms with Gasteiger partial charge in [-0.2, -0.15) is 0 Å². The van der Waals surface area contributed by atoms with Crippen LogP contribution < -0.4 is 30.5 Å². The highest BCUT2D eigenvalue weighted by Crippen LogP contribution is 2.45. The second-order valence-corrected chi connectivity index (χ2v) is 28.6. The van der Waals surface area contributed by atoms with Crippen molar-refractivity contribution in [2.45, 2.75) is 113 Å². The number of imidazole rings is 1. The Morgan fingerprint density at radius 2 is 1.16 bits per heavy atom. The van der Waals surface area contributed by atoms with Crippen molar-refractivity contribution in [1.29, 1.82) is 0 Å². The highest BCUT2D eigenvalue weighted by molar-refractivity contribution is 8.15. The molecule has 0 spiro atoms. The summed E-state index contributed by atoms with van der Waals surface area (Å²) in [4.78, 5) is 103. The standard InChI is InChI=1S/C79H79N11O11S2/c1-11-24-66-82-68(69(73(94)98-12-2)89(66)48-51-33-37-52(38-34-51)59-31-22-23-32-60(59)70-84-85-86-90(70)79(53-25-16-13-17-26-53,54-27-18-14-19-28-54)55-29-20-15-21-30-55)72(93)81-62-44-42-58(47-64(62)88(10)76(97)101-78(6,7)8)102-57-41-43-61(63(46-57)87(9)75(96)100-77(3,4)5)80-67(91)49-99-56-39-35-50(36-40-56)45-65-71(92)83-74(95)103-65/h13-23,25-44,46-47,65H,11-12,24,45,48-49H2,1-10H3,(H,80,91)(H,81,93)(H,83,92,95). The Balaban J connectivity index is 0.873. The van der Waals surface area contributed by atoms with Crippen molar-refractivity contribution in [3.63, 3.8) is 0 Å². The number of nitrogens with one attached hydrogen (secondary N) is 3. The summed E-state index contributed by atoms with van der Waals surface area (Å²) in [7, 11) is 3.03. The quantitative estimate of drug-likeness (QED) is 0.0288. The summed E-state index contributed by atoms with van der Waals surface area (Å²) in [5.74, 6) is -0.982. The number of benzene rings is 8. The summed E-state index contributed by atoms with van der Waals surface area (Å²) in [6.45, 7) is 13.8. The van der Waals surface area contributed by atoms with Crippen LogP contribution in [-0.2, 0) is 48.7 Å². The van der Waals surface area contributed by atoms with Crippen molar-refractivity contribution in [2.24, 2.45) is 0 Å². The largest absolute Gasteiger partial charge is 0.484 e. The van der Waals surface area contributed by atoms with Gasteiger partial charge in [0.2, 0.25) is 5.91 Å². The van der Waals surface area contributed by atoms with E-state index in [4.69, 9.17) is 34.2 Å². The minimum absolute atomic E-state index is 0.0114. The second kappa shape index (κ2) is 31.7. The molecule has 1 fully saturated rings. The van der Waals surface area contributed by atoms with Crippen LogP contribution in [-0.4, -0.2) is 115 Å². The predicted molar refractivity (Wildman–Crippen MR) is 398 cm³/mol. The number of tetrazole rings is 1. The summed E-state index contributed by atoms with van der Waals surface area (Å²) in [6.07, 6.45) is -0.0637. The number of rotatable bonds is 24. The molecular weight excluding hydrogens is 1340 g/mol. The molecule has 8 aromatic carbocycles. The molecule has 22 nitrogen and oxygen atoms in total. The van der Waals surface area contributed by atoms with Gasteiger partial charge >= 0.3 is 18.2 Å². The van der Waals surface area contributed by atoms with E-state index in [9.17, 15) is 28.8 Å². The van der Waals surface area contributed by atoms with Crippen LogP contribution in [0.25, 0.3) is 22.5 Å². The number of imide groups is 1. The van der Waals surface area contributed by atoms with E-state index in [0.717, 1.165) is 56.3 Å². The normalized spacial score (nSPS) is 13.0. The highest BCUT2D eigenvalue weighted by atomic mass is 32.2. The summed E-state index contributed by atoms with van der Waals surface area (Å²) >= 11 is 2.20. The van der Waals surface area contributed by atoms with Crippen molar-refractivity contribution in [1.82, 2.24) is 35.1 Å². The number of aromatic nitrogens is 6. The lowest BCUT2D eigenvalue weighted by Crippen LogP contribution is -2.39. The lowest BCUT2D eigenvalue weighted by atomic mass is 9.77. The molecule has 1 atom stereocenters. The minimum Gasteiger partial charge on any atom is -0.484 e. The zero-order chi connectivity index (χ0) is 73.2. The van der Waals surface area contributed by atoms with Crippen molar-refractivity contribution in [3.8, 4) is 28.3 Å². The van der Waals surface area contributed by atoms with E-state index >= 15 is 4.79 Å². The Morgan fingerprint density at radius 3 is 1.67 bits per heavy atom. The van der Waals surface area contributed by atoms with Gasteiger partial charge in [0, 0.05) is 42.4 Å². The Bertz CT molecular complexity index is 4650. The first kappa shape index (κ1) is 72.9. The van der Waals surface area contributed by atoms with Gasteiger partial charge in [-0.05, 0) is 159 Å². The molecule has 10 aromatic rings. The lowest BCUT2D eigenvalue weighted by molar-refractivity contribution is -0.119. The number of aryl methyl sites for hydroxylation is 1. The van der Waals surface area contributed by atoms with E-state index in [1.165, 1.54) is 35.7 Å². The van der Waals surface area contributed by atoms with E-state index in [2.05, 4.69) is 57.6 Å². The molecule has 1 aliphatic heterocycles. The SMILES string of the molecule is CCCc1nc(C(=O)Nc2ccc(Sc3ccc(NC(=O)COc4ccc(CC5SC(=O)NC5=O)cc4)c(N(C)C(=O)OC(C)(C)C)c3)cc2N(C)C(=O)OC(C)(C)C)c(C(=O)OCC)n1Cc1ccc(-c2ccccc2-c2nnnn2C(c2ccccc2)(c2ccccc2)c2ccccc2)cc1. The van der Waals surface area contributed by atoms with Gasteiger partial charge < -0.3 is 34.1 Å². The van der Waals surface area contributed by atoms with Crippen LogP contribution in [0.3, 0.4) is 0 Å². The van der Waals surface area contributed by atoms with Crippen molar-refractivity contribution >= 4 is 87.4 Å². The summed E-state index contributed by atoms with van der Waals surface area (Å²) in [5.41, 5.74) is 4.94. The number of carbonyl (C=O) groups excluding carboxylic acids is 7. The average molecular weight is 1420 g/mol. The molecule has 11 rings (SSSR count). The molecule has 6 amide bonds. The topological polar surface area (TPSA) is 260 Å². The number of amides is 6. The average Bonchev–Trinajstić information content (AvgIpc) is 1.71. The fourth-order valence-electron chi connectivity index (χ4n) is 11.9. The smallest absolute Gasteiger partial charge is 0.414 e. The number of ether oxygens (including phenoxy) is 4. The second-order valence-electron chi connectivity index (χ2n) is 26.3. The molecule has 0 aliphatic carbocycles. The molecule has 103 heavy (non-hydrogen) atoms. The van der Waals surface area contributed by atoms with Crippen LogP contribution >= 0.6 is 23.5 Å². The zero-order valence-electron chi connectivity index (χ0n) is 58.8. The first-order chi connectivity index (χ1) is 49.4. The molecule has 2 aromatic heterocycles. The van der Waals surface area contributed by atoms with Gasteiger partial charge in [-0.3, -0.25) is 34.3 Å². The Labute approximate surface area is 605 Å². The van der Waals surface area contributed by atoms with Gasteiger partial charge in [0.1, 0.15) is 28.3 Å². The highest BCUT2D eigenvalue weighted by Gasteiger charge is 2.42. The molecule has 0 radical (unpaired) electrons. The molecule has 528 valence electrons. The maximum atomic E-state index is 15.1. The Kier molecular flexibility index (Phi) is 22.4. The number of hydrogen-bond acceptors (Lipinski definition) is 17. The van der Waals surface area contributed by atoms with E-state index < -0.39 is 58.6 Å². The van der Waals surface area contributed by atoms with Crippen LogP contribution in [0.4, 0.5) is 37.1 Å². The monoisotopic (exact) mass is 1420 g/mol. The fraction of sp³-hybridized carbons (Fsp3) is 0.253. The first-order valence-corrected chi connectivity index (χ1v) is 35.2. The molecule has 3 heterocycles. The maximum Gasteiger partial charge on any atom is 0.414 e. The Hall–Kier alpha value is -11.4. The van der Waals surface area contributed by atoms with Gasteiger partial charge in [0.25, 0.3) is 17.1 Å². The zero-order valence-corrected chi connectivity index (χ0v) is 60.4. The van der Waals surface area contributed by atoms with Gasteiger partial charge in [0.15, 0.2) is 23.8 Å². The van der Waals surface area contributed by atoms with Crippen molar-refractivity contribution in [2.75, 3.05) is 47.7 Å². The third-order valence-corrected chi connectivity index (χ3v) is 18.5. The molecule has 0 bridgehead atoms. The van der Waals surface area contributed by atoms with Crippen LogP contribution in [0.15, 0.2) is 210 Å². The molecule has 1 aliphatic rings. The van der Waals surface area contributed by atoms with E-state index in [1.807, 2.05) is 115 Å². The lowest BCUT2D eigenvalue weighted by Gasteiger charge is -2.36. The number of nitrogens with zero attached hydrogens (tertiary/aromatic N) is 8. The maximum absolute atomic E-state index is 15.1. The van der Waals surface area contributed by atoms with E-state index in [-0.39, 0.29) is 58.4 Å². The molecule has 3 N–H and O–H groups in total. The fourth-order valence-corrected chi connectivity index (χ4v) is 13.7. The van der Waals surface area contributed by atoms with Crippen LogP contribution in [0.2, 0.25) is 0 Å². The van der Waals surface area contributed by atoms with Gasteiger partial charge in [-0.1, -0.05) is 182 Å². The molecule has 1 unspecified atom stereocenters. The molecule has 1 saturated heterocycles. The van der Waals surface area contributed by atoms with Gasteiger partial charge in [0.05, 0.1) is 34.6 Å². The summed E-state index contributed by atoms with van der Waals surface area (Å²) in [5, 5.41) is 21.1. The first-order valence-electron chi connectivity index (χ1n) is 33.6. The number of anilines is 4. The summed E-state index contributed by atoms with van der Waals surface area (Å²) < 4.78 is 26.7. The Morgan fingerprint density at radius 1 is 0.631 bits per heavy atom. The predicted octanol–water partition coefficient (Wildman–Crippen LogP) is 15.3. The van der Waals surface area contributed by atoms with Crippen LogP contribution in [0.5, 0.6) is 5.75 Å². The molecule has 24 heteroatoms. The number of carbonyl (C=O) groups is 7. The minimum atomic E-state index is -0.992. The number of esters is 1. The number of hydrogen-bond donors (Lipinski definition) is 3. The third kappa shape index (κ3) is 17.0. The van der Waals surface area contributed by atoms with Gasteiger partial charge in [-0.15, -0.1) is 5.10 Å². The van der Waals surface area contributed by atoms with Crippen LogP contribution in [0, 0.1) is 0 Å². The number of thioether (sulfide) groups is 1. The van der Waals surface area contributed by atoms with Crippen LogP contribution in [0.1, 0.15) is 116 Å². The van der Waals surface area contributed by atoms with Crippen molar-refractivity contribution < 1.29 is 52.5 Å².